The molecule has 1 aromatic carbocycles. The van der Waals surface area contributed by atoms with Gasteiger partial charge in [-0.2, -0.15) is 0 Å². The lowest BCUT2D eigenvalue weighted by atomic mass is 10.0. The van der Waals surface area contributed by atoms with Gasteiger partial charge in [-0.3, -0.25) is 9.80 Å². The van der Waals surface area contributed by atoms with Crippen LogP contribution in [0, 0.1) is 0 Å². The van der Waals surface area contributed by atoms with Gasteiger partial charge in [-0.25, -0.2) is 4.79 Å². The highest BCUT2D eigenvalue weighted by Crippen LogP contribution is 2.30. The highest BCUT2D eigenvalue weighted by molar-refractivity contribution is 5.87. The number of hydrogen-bond acceptors (Lipinski definition) is 3. The maximum atomic E-state index is 11.6. The van der Waals surface area contributed by atoms with Gasteiger partial charge in [-0.1, -0.05) is 6.92 Å². The second-order valence-corrected chi connectivity index (χ2v) is 7.33. The molecule has 5 nitrogen and oxygen atoms in total. The first-order chi connectivity index (χ1) is 11.3. The highest BCUT2D eigenvalue weighted by atomic mass is 16.5. The summed E-state index contributed by atoms with van der Waals surface area (Å²) in [4.78, 5) is 15.5. The van der Waals surface area contributed by atoms with E-state index >= 15 is 0 Å². The van der Waals surface area contributed by atoms with Crippen LogP contribution in [0.2, 0.25) is 0 Å². The topological polar surface area (TPSA) is 53.0 Å². The SMILES string of the molecule is CCc1cc(N(C(=O)O)C(C)(C)C)ccc1OCCN1CCCC1. The first-order valence-electron chi connectivity index (χ1n) is 8.84. The standard InChI is InChI=1S/C19H30N2O3/c1-5-15-14-16(21(18(22)23)19(2,3)4)8-9-17(15)24-13-12-20-10-6-7-11-20/h8-9,14H,5-7,10-13H2,1-4H3,(H,22,23). The number of nitrogens with zero attached hydrogens (tertiary/aromatic N) is 2. The molecule has 0 aromatic heterocycles. The Morgan fingerprint density at radius 3 is 2.50 bits per heavy atom. The van der Waals surface area contributed by atoms with Crippen LogP contribution >= 0.6 is 0 Å². The van der Waals surface area contributed by atoms with Crippen LogP contribution in [0.25, 0.3) is 0 Å². The van der Waals surface area contributed by atoms with Crippen molar-refractivity contribution in [2.45, 2.75) is 52.5 Å². The molecule has 1 fully saturated rings. The van der Waals surface area contributed by atoms with Gasteiger partial charge in [0.15, 0.2) is 0 Å². The predicted octanol–water partition coefficient (Wildman–Crippen LogP) is 4.01. The van der Waals surface area contributed by atoms with Gasteiger partial charge < -0.3 is 9.84 Å². The molecule has 0 radical (unpaired) electrons. The number of carbonyl (C=O) groups is 1. The van der Waals surface area contributed by atoms with Crippen LogP contribution < -0.4 is 9.64 Å². The molecule has 1 N–H and O–H groups in total. The lowest BCUT2D eigenvalue weighted by molar-refractivity contribution is 0.195. The summed E-state index contributed by atoms with van der Waals surface area (Å²) in [7, 11) is 0. The van der Waals surface area contributed by atoms with Crippen LogP contribution in [0.3, 0.4) is 0 Å². The molecule has 1 aliphatic heterocycles. The number of aryl methyl sites for hydroxylation is 1. The first kappa shape index (κ1) is 18.6. The van der Waals surface area contributed by atoms with Crippen LogP contribution in [0.15, 0.2) is 18.2 Å². The zero-order chi connectivity index (χ0) is 17.7. The summed E-state index contributed by atoms with van der Waals surface area (Å²) < 4.78 is 5.96. The molecular formula is C19H30N2O3. The van der Waals surface area contributed by atoms with Crippen LogP contribution in [-0.4, -0.2) is 47.9 Å². The number of rotatable bonds is 6. The zero-order valence-electron chi connectivity index (χ0n) is 15.3. The van der Waals surface area contributed by atoms with E-state index in [0.29, 0.717) is 12.3 Å². The van der Waals surface area contributed by atoms with Crippen molar-refractivity contribution in [2.75, 3.05) is 31.1 Å². The Balaban J connectivity index is 2.09. The summed E-state index contributed by atoms with van der Waals surface area (Å²) in [6.45, 7) is 11.7. The minimum Gasteiger partial charge on any atom is -0.492 e. The lowest BCUT2D eigenvalue weighted by Crippen LogP contribution is -2.45. The number of benzene rings is 1. The van der Waals surface area contributed by atoms with E-state index < -0.39 is 11.6 Å². The molecule has 134 valence electrons. The second-order valence-electron chi connectivity index (χ2n) is 7.33. The van der Waals surface area contributed by atoms with Crippen LogP contribution in [0.5, 0.6) is 5.75 Å². The van der Waals surface area contributed by atoms with E-state index in [0.717, 1.165) is 24.3 Å². The minimum absolute atomic E-state index is 0.491. The van der Waals surface area contributed by atoms with Crippen molar-refractivity contribution < 1.29 is 14.6 Å². The minimum atomic E-state index is -0.938. The summed E-state index contributed by atoms with van der Waals surface area (Å²) in [5.74, 6) is 0.861. The van der Waals surface area contributed by atoms with Gasteiger partial charge in [-0.05, 0) is 76.9 Å². The molecule has 1 amide bonds. The molecule has 0 aliphatic carbocycles. The summed E-state index contributed by atoms with van der Waals surface area (Å²) in [5, 5.41) is 9.55. The number of carboxylic acid groups (broad SMARTS) is 1. The van der Waals surface area contributed by atoms with Gasteiger partial charge in [0.2, 0.25) is 0 Å². The Kier molecular flexibility index (Phi) is 6.10. The Hall–Kier alpha value is -1.75. The van der Waals surface area contributed by atoms with Gasteiger partial charge in [0.1, 0.15) is 12.4 Å². The van der Waals surface area contributed by atoms with Crippen molar-refractivity contribution in [1.29, 1.82) is 0 Å². The largest absolute Gasteiger partial charge is 0.492 e. The molecular weight excluding hydrogens is 304 g/mol. The third kappa shape index (κ3) is 4.63. The van der Waals surface area contributed by atoms with Crippen molar-refractivity contribution in [3.8, 4) is 5.75 Å². The van der Waals surface area contributed by atoms with E-state index in [1.54, 1.807) is 0 Å². The fourth-order valence-electron chi connectivity index (χ4n) is 3.20. The molecule has 1 aromatic rings. The Bertz CT molecular complexity index is 560. The van der Waals surface area contributed by atoms with E-state index in [2.05, 4.69) is 11.8 Å². The van der Waals surface area contributed by atoms with Crippen molar-refractivity contribution in [3.63, 3.8) is 0 Å². The zero-order valence-corrected chi connectivity index (χ0v) is 15.3. The van der Waals surface area contributed by atoms with E-state index in [1.165, 1.54) is 30.8 Å². The molecule has 2 rings (SSSR count). The molecule has 24 heavy (non-hydrogen) atoms. The fourth-order valence-corrected chi connectivity index (χ4v) is 3.20. The average molecular weight is 334 g/mol. The molecule has 0 spiro atoms. The molecule has 5 heteroatoms. The number of hydrogen-bond donors (Lipinski definition) is 1. The number of likely N-dealkylation sites (tertiary alicyclic amines) is 1. The third-order valence-electron chi connectivity index (χ3n) is 4.41. The lowest BCUT2D eigenvalue weighted by Gasteiger charge is -2.33. The van der Waals surface area contributed by atoms with Gasteiger partial charge in [0.25, 0.3) is 0 Å². The summed E-state index contributed by atoms with van der Waals surface area (Å²) in [6, 6.07) is 5.67. The van der Waals surface area contributed by atoms with E-state index in [4.69, 9.17) is 4.74 Å². The van der Waals surface area contributed by atoms with Crippen LogP contribution in [0.4, 0.5) is 10.5 Å². The van der Waals surface area contributed by atoms with Crippen molar-refractivity contribution in [2.24, 2.45) is 0 Å². The monoisotopic (exact) mass is 334 g/mol. The maximum absolute atomic E-state index is 11.6. The second kappa shape index (κ2) is 7.88. The van der Waals surface area contributed by atoms with E-state index in [9.17, 15) is 9.90 Å². The van der Waals surface area contributed by atoms with Gasteiger partial charge in [0, 0.05) is 17.8 Å². The summed E-state index contributed by atoms with van der Waals surface area (Å²) in [5.41, 5.74) is 1.25. The Labute approximate surface area is 145 Å². The normalized spacial score (nSPS) is 15.5. The number of ether oxygens (including phenoxy) is 1. The van der Waals surface area contributed by atoms with Gasteiger partial charge in [-0.15, -0.1) is 0 Å². The average Bonchev–Trinajstić information content (AvgIpc) is 3.00. The number of anilines is 1. The van der Waals surface area contributed by atoms with E-state index in [1.807, 2.05) is 39.0 Å². The first-order valence-corrected chi connectivity index (χ1v) is 8.84. The molecule has 1 saturated heterocycles. The third-order valence-corrected chi connectivity index (χ3v) is 4.41. The highest BCUT2D eigenvalue weighted by Gasteiger charge is 2.28. The van der Waals surface area contributed by atoms with Crippen molar-refractivity contribution >= 4 is 11.8 Å². The summed E-state index contributed by atoms with van der Waals surface area (Å²) >= 11 is 0. The summed E-state index contributed by atoms with van der Waals surface area (Å²) in [6.07, 6.45) is 2.44. The van der Waals surface area contributed by atoms with Crippen LogP contribution in [0.1, 0.15) is 46.1 Å². The fraction of sp³-hybridized carbons (Fsp3) is 0.632. The Morgan fingerprint density at radius 2 is 1.96 bits per heavy atom. The van der Waals surface area contributed by atoms with E-state index in [-0.39, 0.29) is 0 Å². The maximum Gasteiger partial charge on any atom is 0.412 e. The van der Waals surface area contributed by atoms with Gasteiger partial charge in [0.05, 0.1) is 0 Å². The quantitative estimate of drug-likeness (QED) is 0.854. The van der Waals surface area contributed by atoms with Crippen molar-refractivity contribution in [1.82, 2.24) is 4.90 Å². The molecule has 0 bridgehead atoms. The molecule has 0 saturated carbocycles. The van der Waals surface area contributed by atoms with Gasteiger partial charge >= 0.3 is 6.09 Å². The molecule has 0 unspecified atom stereocenters. The molecule has 1 heterocycles. The molecule has 1 aliphatic rings. The van der Waals surface area contributed by atoms with Crippen LogP contribution in [-0.2, 0) is 6.42 Å². The smallest absolute Gasteiger partial charge is 0.412 e. The molecule has 0 atom stereocenters. The number of amides is 1. The van der Waals surface area contributed by atoms with Crippen molar-refractivity contribution in [3.05, 3.63) is 23.8 Å². The predicted molar refractivity (Wildman–Crippen MR) is 97.2 cm³/mol. The Morgan fingerprint density at radius 1 is 1.29 bits per heavy atom.